The fourth-order valence-electron chi connectivity index (χ4n) is 2.09. The largest absolute Gasteiger partial charge is 0.480 e. The van der Waals surface area contributed by atoms with E-state index in [2.05, 4.69) is 16.0 Å². The van der Waals surface area contributed by atoms with Crippen LogP contribution in [-0.2, 0) is 19.2 Å². The molecule has 12 heteroatoms. The average Bonchev–Trinajstić information content (AvgIpc) is 2.63. The van der Waals surface area contributed by atoms with Crippen molar-refractivity contribution >= 4 is 23.7 Å². The number of nitrogens with one attached hydrogen (secondary N) is 3. The predicted molar refractivity (Wildman–Crippen MR) is 98.7 cm³/mol. The van der Waals surface area contributed by atoms with Crippen LogP contribution >= 0.6 is 0 Å². The molecule has 0 fully saturated rings. The Bertz CT molecular complexity index is 543. The smallest absolute Gasteiger partial charge is 0.325 e. The zero-order valence-electron chi connectivity index (χ0n) is 16.1. The van der Waals surface area contributed by atoms with E-state index in [1.165, 1.54) is 13.8 Å². The van der Waals surface area contributed by atoms with Crippen LogP contribution in [0.25, 0.3) is 0 Å². The summed E-state index contributed by atoms with van der Waals surface area (Å²) in [6.07, 6.45) is 0.0758. The molecule has 0 aromatic rings. The zero-order valence-corrected chi connectivity index (χ0v) is 16.1. The van der Waals surface area contributed by atoms with Crippen molar-refractivity contribution in [2.45, 2.75) is 63.4 Å². The second-order valence-electron chi connectivity index (χ2n) is 6.42. The molecule has 0 aliphatic rings. The lowest BCUT2D eigenvalue weighted by molar-refractivity contribution is -0.142. The maximum absolute atomic E-state index is 12.4. The van der Waals surface area contributed by atoms with Gasteiger partial charge < -0.3 is 42.7 Å². The molecule has 0 radical (unpaired) electrons. The molecule has 0 rings (SSSR count). The topological polar surface area (TPSA) is 217 Å². The Morgan fingerprint density at radius 1 is 0.929 bits per heavy atom. The number of hydrogen-bond acceptors (Lipinski definition) is 8. The molecular weight excluding hydrogens is 374 g/mol. The molecule has 0 saturated carbocycles. The van der Waals surface area contributed by atoms with Gasteiger partial charge in [0.1, 0.15) is 24.2 Å². The molecule has 3 amide bonds. The summed E-state index contributed by atoms with van der Waals surface area (Å²) in [6.45, 7) is 2.17. The highest BCUT2D eigenvalue weighted by Crippen LogP contribution is 2.03. The molecule has 28 heavy (non-hydrogen) atoms. The second kappa shape index (κ2) is 13.0. The van der Waals surface area contributed by atoms with E-state index in [-0.39, 0.29) is 6.42 Å². The highest BCUT2D eigenvalue weighted by Gasteiger charge is 2.29. The third-order valence-corrected chi connectivity index (χ3v) is 3.95. The van der Waals surface area contributed by atoms with Crippen molar-refractivity contribution in [3.63, 3.8) is 0 Å². The van der Waals surface area contributed by atoms with Crippen molar-refractivity contribution < 1.29 is 34.5 Å². The maximum Gasteiger partial charge on any atom is 0.325 e. The van der Waals surface area contributed by atoms with Crippen molar-refractivity contribution in [3.05, 3.63) is 0 Å². The molecule has 0 aromatic heterocycles. The maximum atomic E-state index is 12.4. The van der Waals surface area contributed by atoms with Gasteiger partial charge in [-0.25, -0.2) is 0 Å². The number of rotatable bonds is 13. The van der Waals surface area contributed by atoms with Gasteiger partial charge in [0, 0.05) is 0 Å². The van der Waals surface area contributed by atoms with Gasteiger partial charge in [-0.15, -0.1) is 0 Å². The Morgan fingerprint density at radius 2 is 1.46 bits per heavy atom. The van der Waals surface area contributed by atoms with Gasteiger partial charge in [0.15, 0.2) is 0 Å². The van der Waals surface area contributed by atoms with E-state index in [0.29, 0.717) is 19.4 Å². The fraction of sp³-hybridized carbons (Fsp3) is 0.750. The lowest BCUT2D eigenvalue weighted by Gasteiger charge is -2.24. The molecular formula is C16H31N5O7. The van der Waals surface area contributed by atoms with E-state index in [9.17, 15) is 29.4 Å². The highest BCUT2D eigenvalue weighted by atomic mass is 16.4. The second-order valence-corrected chi connectivity index (χ2v) is 6.42. The van der Waals surface area contributed by atoms with Crippen LogP contribution in [0.5, 0.6) is 0 Å². The Hall–Kier alpha value is -2.28. The first-order valence-electron chi connectivity index (χ1n) is 8.93. The minimum absolute atomic E-state index is 0.181. The van der Waals surface area contributed by atoms with Crippen LogP contribution in [0, 0.1) is 0 Å². The molecule has 0 aliphatic heterocycles. The Balaban J connectivity index is 5.08. The highest BCUT2D eigenvalue weighted by molar-refractivity contribution is 5.94. The van der Waals surface area contributed by atoms with Gasteiger partial charge in [-0.2, -0.15) is 0 Å². The molecule has 0 aliphatic carbocycles. The number of hydrogen-bond donors (Lipinski definition) is 8. The van der Waals surface area contributed by atoms with E-state index < -0.39 is 60.6 Å². The van der Waals surface area contributed by atoms with Gasteiger partial charge in [0.2, 0.25) is 17.7 Å². The number of carboxylic acids is 1. The molecule has 0 spiro atoms. The molecule has 5 atom stereocenters. The molecule has 0 aromatic carbocycles. The Labute approximate surface area is 163 Å². The number of carbonyl (C=O) groups excluding carboxylic acids is 3. The van der Waals surface area contributed by atoms with Crippen LogP contribution in [-0.4, -0.2) is 82.4 Å². The van der Waals surface area contributed by atoms with E-state index in [4.69, 9.17) is 16.6 Å². The van der Waals surface area contributed by atoms with E-state index in [1.54, 1.807) is 0 Å². The summed E-state index contributed by atoms with van der Waals surface area (Å²) in [7, 11) is 0. The summed E-state index contributed by atoms with van der Waals surface area (Å²) in [6, 6.07) is -4.96. The molecule has 10 N–H and O–H groups in total. The van der Waals surface area contributed by atoms with Crippen molar-refractivity contribution in [1.82, 2.24) is 16.0 Å². The third-order valence-electron chi connectivity index (χ3n) is 3.95. The van der Waals surface area contributed by atoms with Crippen molar-refractivity contribution in [2.24, 2.45) is 11.5 Å². The summed E-state index contributed by atoms with van der Waals surface area (Å²) in [5, 5.41) is 34.4. The lowest BCUT2D eigenvalue weighted by atomic mass is 10.1. The third kappa shape index (κ3) is 9.08. The predicted octanol–water partition coefficient (Wildman–Crippen LogP) is -3.63. The van der Waals surface area contributed by atoms with E-state index in [1.807, 2.05) is 0 Å². The van der Waals surface area contributed by atoms with Crippen LogP contribution in [0.3, 0.4) is 0 Å². The van der Waals surface area contributed by atoms with Gasteiger partial charge in [-0.05, 0) is 39.7 Å². The minimum Gasteiger partial charge on any atom is -0.480 e. The van der Waals surface area contributed by atoms with Crippen LogP contribution < -0.4 is 27.4 Å². The quantitative estimate of drug-likeness (QED) is 0.142. The first-order chi connectivity index (χ1) is 13.0. The first-order valence-corrected chi connectivity index (χ1v) is 8.93. The van der Waals surface area contributed by atoms with Crippen LogP contribution in [0.15, 0.2) is 0 Å². The molecule has 0 heterocycles. The summed E-state index contributed by atoms with van der Waals surface area (Å²) >= 11 is 0. The standard InChI is InChI=1S/C16H31N5O7/c1-8(16(27)28)19-13(24)10(5-3-4-6-17)20-14(25)11(7-22)21-15(26)12(18)9(2)23/h8-12,22-23H,3-7,17-18H2,1-2H3,(H,19,24)(H,20,25)(H,21,26)(H,27,28). The molecule has 0 saturated heterocycles. The zero-order chi connectivity index (χ0) is 21.9. The van der Waals surface area contributed by atoms with Crippen LogP contribution in [0.1, 0.15) is 33.1 Å². The number of amides is 3. The number of aliphatic hydroxyl groups excluding tert-OH is 2. The average molecular weight is 405 g/mol. The van der Waals surface area contributed by atoms with Gasteiger partial charge >= 0.3 is 5.97 Å². The van der Waals surface area contributed by atoms with Crippen LogP contribution in [0.2, 0.25) is 0 Å². The number of carbonyl (C=O) groups is 4. The van der Waals surface area contributed by atoms with Gasteiger partial charge in [0.05, 0.1) is 12.7 Å². The Kier molecular flexibility index (Phi) is 11.9. The number of unbranched alkanes of at least 4 members (excludes halogenated alkanes) is 1. The van der Waals surface area contributed by atoms with Crippen molar-refractivity contribution in [1.29, 1.82) is 0 Å². The Morgan fingerprint density at radius 3 is 1.93 bits per heavy atom. The number of aliphatic carboxylic acids is 1. The summed E-state index contributed by atoms with van der Waals surface area (Å²) < 4.78 is 0. The van der Waals surface area contributed by atoms with Crippen molar-refractivity contribution in [2.75, 3.05) is 13.2 Å². The molecule has 5 unspecified atom stereocenters. The monoisotopic (exact) mass is 405 g/mol. The number of carboxylic acid groups (broad SMARTS) is 1. The van der Waals surface area contributed by atoms with Gasteiger partial charge in [-0.1, -0.05) is 0 Å². The first kappa shape index (κ1) is 25.7. The van der Waals surface area contributed by atoms with Crippen LogP contribution in [0.4, 0.5) is 0 Å². The van der Waals surface area contributed by atoms with Crippen molar-refractivity contribution in [3.8, 4) is 0 Å². The summed E-state index contributed by atoms with van der Waals surface area (Å²) in [5.41, 5.74) is 10.9. The van der Waals surface area contributed by atoms with Gasteiger partial charge in [-0.3, -0.25) is 19.2 Å². The molecule has 162 valence electrons. The van der Waals surface area contributed by atoms with Gasteiger partial charge in [0.25, 0.3) is 0 Å². The number of nitrogens with two attached hydrogens (primary N) is 2. The van der Waals surface area contributed by atoms with E-state index in [0.717, 1.165) is 0 Å². The van der Waals surface area contributed by atoms with E-state index >= 15 is 0 Å². The minimum atomic E-state index is -1.40. The normalized spacial score (nSPS) is 16.2. The molecule has 0 bridgehead atoms. The molecule has 12 nitrogen and oxygen atoms in total. The SMILES string of the molecule is CC(NC(=O)C(CCCCN)NC(=O)C(CO)NC(=O)C(N)C(C)O)C(=O)O. The lowest BCUT2D eigenvalue weighted by Crippen LogP contribution is -2.58. The summed E-state index contributed by atoms with van der Waals surface area (Å²) in [4.78, 5) is 47.4. The summed E-state index contributed by atoms with van der Waals surface area (Å²) in [5.74, 6) is -3.67. The fourth-order valence-corrected chi connectivity index (χ4v) is 2.09. The number of aliphatic hydroxyl groups is 2.